The first kappa shape index (κ1) is 15.0. The fraction of sp³-hybridized carbons (Fsp3) is 0.158. The predicted molar refractivity (Wildman–Crippen MR) is 89.0 cm³/mol. The normalized spacial score (nSPS) is 15.5. The zero-order valence-corrected chi connectivity index (χ0v) is 13.0. The number of ether oxygens (including phenoxy) is 1. The number of hydrogen-bond donors (Lipinski definition) is 1. The van der Waals surface area contributed by atoms with Gasteiger partial charge in [-0.3, -0.25) is 14.9 Å². The van der Waals surface area contributed by atoms with Crippen LogP contribution in [0, 0.1) is 0 Å². The quantitative estimate of drug-likeness (QED) is 0.699. The SMILES string of the molecule is CC(C)Oc1ccc(C=C2C(=O)NC(=O)c3ccccc32)cc1. The molecule has 4 heteroatoms. The van der Waals surface area contributed by atoms with E-state index in [1.54, 1.807) is 24.3 Å². The second-order valence-electron chi connectivity index (χ2n) is 5.62. The Morgan fingerprint density at radius 1 is 0.913 bits per heavy atom. The summed E-state index contributed by atoms with van der Waals surface area (Å²) in [5.74, 6) is 0.0467. The van der Waals surface area contributed by atoms with Crippen molar-refractivity contribution in [3.05, 3.63) is 65.2 Å². The maximum atomic E-state index is 12.2. The molecule has 0 fully saturated rings. The van der Waals surface area contributed by atoms with E-state index in [1.165, 1.54) is 0 Å². The molecule has 0 bridgehead atoms. The van der Waals surface area contributed by atoms with Crippen molar-refractivity contribution in [3.63, 3.8) is 0 Å². The molecule has 2 aromatic rings. The van der Waals surface area contributed by atoms with Crippen molar-refractivity contribution in [1.29, 1.82) is 0 Å². The number of nitrogens with one attached hydrogen (secondary N) is 1. The lowest BCUT2D eigenvalue weighted by molar-refractivity contribution is -0.114. The molecule has 1 heterocycles. The summed E-state index contributed by atoms with van der Waals surface area (Å²) in [4.78, 5) is 24.0. The van der Waals surface area contributed by atoms with Crippen molar-refractivity contribution < 1.29 is 14.3 Å². The Balaban J connectivity index is 1.97. The van der Waals surface area contributed by atoms with Gasteiger partial charge in [0.25, 0.3) is 11.8 Å². The molecular weight excluding hydrogens is 290 g/mol. The van der Waals surface area contributed by atoms with Crippen LogP contribution in [0.15, 0.2) is 48.5 Å². The second kappa shape index (κ2) is 6.08. The van der Waals surface area contributed by atoms with Gasteiger partial charge in [0.05, 0.1) is 6.10 Å². The molecule has 0 spiro atoms. The minimum Gasteiger partial charge on any atom is -0.491 e. The first-order valence-electron chi connectivity index (χ1n) is 7.48. The van der Waals surface area contributed by atoms with Gasteiger partial charge < -0.3 is 4.74 Å². The highest BCUT2D eigenvalue weighted by molar-refractivity contribution is 6.33. The van der Waals surface area contributed by atoms with E-state index in [-0.39, 0.29) is 17.9 Å². The number of hydrogen-bond acceptors (Lipinski definition) is 3. The van der Waals surface area contributed by atoms with Gasteiger partial charge >= 0.3 is 0 Å². The van der Waals surface area contributed by atoms with Crippen LogP contribution < -0.4 is 10.1 Å². The standard InChI is InChI=1S/C19H17NO3/c1-12(2)23-14-9-7-13(8-10-14)11-17-15-5-3-4-6-16(15)18(21)20-19(17)22/h3-12H,1-2H3,(H,20,21,22). The molecule has 23 heavy (non-hydrogen) atoms. The van der Waals surface area contributed by atoms with Crippen molar-refractivity contribution in [1.82, 2.24) is 5.32 Å². The Hall–Kier alpha value is -2.88. The van der Waals surface area contributed by atoms with E-state index < -0.39 is 0 Å². The van der Waals surface area contributed by atoms with Crippen LogP contribution in [0.2, 0.25) is 0 Å². The summed E-state index contributed by atoms with van der Waals surface area (Å²) in [6.07, 6.45) is 1.89. The second-order valence-corrected chi connectivity index (χ2v) is 5.62. The Kier molecular flexibility index (Phi) is 3.98. The lowest BCUT2D eigenvalue weighted by Crippen LogP contribution is -2.36. The molecule has 0 aliphatic carbocycles. The van der Waals surface area contributed by atoms with Gasteiger partial charge in [-0.15, -0.1) is 0 Å². The van der Waals surface area contributed by atoms with Crippen molar-refractivity contribution in [3.8, 4) is 5.75 Å². The van der Waals surface area contributed by atoms with Crippen LogP contribution in [0.1, 0.15) is 35.3 Å². The zero-order valence-electron chi connectivity index (χ0n) is 13.0. The molecule has 2 aromatic carbocycles. The maximum absolute atomic E-state index is 12.2. The lowest BCUT2D eigenvalue weighted by atomic mass is 9.93. The molecule has 4 nitrogen and oxygen atoms in total. The number of fused-ring (bicyclic) bond motifs is 1. The molecular formula is C19H17NO3. The Labute approximate surface area is 134 Å². The third-order valence-electron chi connectivity index (χ3n) is 3.50. The molecule has 3 rings (SSSR count). The molecule has 0 unspecified atom stereocenters. The Bertz CT molecular complexity index is 789. The number of carbonyl (C=O) groups excluding carboxylic acids is 2. The predicted octanol–water partition coefficient (Wildman–Crippen LogP) is 3.28. The van der Waals surface area contributed by atoms with E-state index in [0.29, 0.717) is 16.7 Å². The van der Waals surface area contributed by atoms with Crippen LogP contribution in [0.4, 0.5) is 0 Å². The first-order chi connectivity index (χ1) is 11.0. The van der Waals surface area contributed by atoms with E-state index in [1.807, 2.05) is 44.2 Å². The van der Waals surface area contributed by atoms with Gasteiger partial charge in [0.1, 0.15) is 5.75 Å². The van der Waals surface area contributed by atoms with Crippen LogP contribution in [0.5, 0.6) is 5.75 Å². The molecule has 0 saturated heterocycles. The van der Waals surface area contributed by atoms with Gasteiger partial charge in [-0.25, -0.2) is 0 Å². The highest BCUT2D eigenvalue weighted by atomic mass is 16.5. The molecule has 2 amide bonds. The van der Waals surface area contributed by atoms with Crippen molar-refractivity contribution in [2.45, 2.75) is 20.0 Å². The largest absolute Gasteiger partial charge is 0.491 e. The molecule has 116 valence electrons. The summed E-state index contributed by atoms with van der Waals surface area (Å²) < 4.78 is 5.61. The van der Waals surface area contributed by atoms with Crippen LogP contribution >= 0.6 is 0 Å². The number of rotatable bonds is 3. The smallest absolute Gasteiger partial charge is 0.258 e. The van der Waals surface area contributed by atoms with Crippen molar-refractivity contribution in [2.24, 2.45) is 0 Å². The summed E-state index contributed by atoms with van der Waals surface area (Å²) in [5, 5.41) is 2.37. The molecule has 1 aliphatic heterocycles. The van der Waals surface area contributed by atoms with Gasteiger partial charge in [0.2, 0.25) is 0 Å². The summed E-state index contributed by atoms with van der Waals surface area (Å²) in [5.41, 5.74) is 2.52. The van der Waals surface area contributed by atoms with Crippen molar-refractivity contribution in [2.75, 3.05) is 0 Å². The third-order valence-corrected chi connectivity index (χ3v) is 3.50. The molecule has 1 N–H and O–H groups in total. The molecule has 0 atom stereocenters. The molecule has 0 saturated carbocycles. The topological polar surface area (TPSA) is 55.4 Å². The number of amides is 2. The minimum absolute atomic E-state index is 0.112. The van der Waals surface area contributed by atoms with Gasteiger partial charge in [0, 0.05) is 11.1 Å². The average molecular weight is 307 g/mol. The number of benzene rings is 2. The number of imide groups is 1. The van der Waals surface area contributed by atoms with Gasteiger partial charge in [-0.05, 0) is 49.2 Å². The Morgan fingerprint density at radius 3 is 2.22 bits per heavy atom. The Morgan fingerprint density at radius 2 is 1.57 bits per heavy atom. The zero-order chi connectivity index (χ0) is 16.4. The van der Waals surface area contributed by atoms with E-state index in [9.17, 15) is 9.59 Å². The molecule has 1 aliphatic rings. The fourth-order valence-electron chi connectivity index (χ4n) is 2.50. The van der Waals surface area contributed by atoms with E-state index in [4.69, 9.17) is 4.74 Å². The minimum atomic E-state index is -0.379. The number of carbonyl (C=O) groups is 2. The highest BCUT2D eigenvalue weighted by Gasteiger charge is 2.26. The van der Waals surface area contributed by atoms with Crippen LogP contribution in [-0.4, -0.2) is 17.9 Å². The molecule has 0 aromatic heterocycles. The average Bonchev–Trinajstić information content (AvgIpc) is 2.52. The summed E-state index contributed by atoms with van der Waals surface area (Å²) in [6.45, 7) is 3.94. The summed E-state index contributed by atoms with van der Waals surface area (Å²) in [6, 6.07) is 14.6. The summed E-state index contributed by atoms with van der Waals surface area (Å²) >= 11 is 0. The van der Waals surface area contributed by atoms with E-state index in [2.05, 4.69) is 5.32 Å². The third kappa shape index (κ3) is 3.16. The van der Waals surface area contributed by atoms with Gasteiger partial charge in [0.15, 0.2) is 0 Å². The van der Waals surface area contributed by atoms with E-state index >= 15 is 0 Å². The fourth-order valence-corrected chi connectivity index (χ4v) is 2.50. The summed E-state index contributed by atoms with van der Waals surface area (Å²) in [7, 11) is 0. The van der Waals surface area contributed by atoms with Crippen molar-refractivity contribution >= 4 is 23.5 Å². The van der Waals surface area contributed by atoms with Gasteiger partial charge in [-0.2, -0.15) is 0 Å². The maximum Gasteiger partial charge on any atom is 0.258 e. The monoisotopic (exact) mass is 307 g/mol. The molecule has 0 radical (unpaired) electrons. The van der Waals surface area contributed by atoms with Crippen LogP contribution in [-0.2, 0) is 4.79 Å². The van der Waals surface area contributed by atoms with Crippen LogP contribution in [0.25, 0.3) is 11.6 Å². The van der Waals surface area contributed by atoms with Gasteiger partial charge in [-0.1, -0.05) is 30.3 Å². The lowest BCUT2D eigenvalue weighted by Gasteiger charge is -2.18. The highest BCUT2D eigenvalue weighted by Crippen LogP contribution is 2.26. The van der Waals surface area contributed by atoms with Crippen LogP contribution in [0.3, 0.4) is 0 Å². The van der Waals surface area contributed by atoms with E-state index in [0.717, 1.165) is 11.3 Å². The first-order valence-corrected chi connectivity index (χ1v) is 7.48.